The molecule has 2 N–H and O–H groups in total. The van der Waals surface area contributed by atoms with E-state index >= 15 is 0 Å². The van der Waals surface area contributed by atoms with Gasteiger partial charge in [0.1, 0.15) is 11.2 Å². The number of carbonyl (C=O) groups is 1. The number of sulfone groups is 1. The lowest BCUT2D eigenvalue weighted by atomic mass is 10.00. The first-order valence-electron chi connectivity index (χ1n) is 7.76. The third kappa shape index (κ3) is 2.76. The zero-order valence-electron chi connectivity index (χ0n) is 13.8. The van der Waals surface area contributed by atoms with E-state index in [0.717, 1.165) is 0 Å². The van der Waals surface area contributed by atoms with E-state index < -0.39 is 39.0 Å². The van der Waals surface area contributed by atoms with Crippen LogP contribution in [0.25, 0.3) is 0 Å². The van der Waals surface area contributed by atoms with Gasteiger partial charge in [-0.15, -0.1) is 0 Å². The molecule has 8 heteroatoms. The van der Waals surface area contributed by atoms with Crippen LogP contribution in [-0.4, -0.2) is 43.6 Å². The lowest BCUT2D eigenvalue weighted by Crippen LogP contribution is -2.27. The summed E-state index contributed by atoms with van der Waals surface area (Å²) in [7, 11) is -2.50. The largest absolute Gasteiger partial charge is 0.497 e. The summed E-state index contributed by atoms with van der Waals surface area (Å²) in [5, 5.41) is 18.6. The first kappa shape index (κ1) is 18.7. The SMILES string of the molecule is COc1ccc(C2C(S(=O)(=O)c3ccc(Cl)cc3)C2(CO)C(=O)O)cc1. The number of hydrogen-bond donors (Lipinski definition) is 2. The maximum Gasteiger partial charge on any atom is 0.314 e. The van der Waals surface area contributed by atoms with Gasteiger partial charge in [-0.2, -0.15) is 0 Å². The van der Waals surface area contributed by atoms with E-state index in [2.05, 4.69) is 0 Å². The standard InChI is InChI=1S/C18H17ClO6S/c1-25-13-6-2-11(3-7-13)15-16(18(15,10-20)17(21)22)26(23,24)14-8-4-12(19)5-9-14/h2-9,15-16,20H,10H2,1H3,(H,21,22). The summed E-state index contributed by atoms with van der Waals surface area (Å²) in [6.45, 7) is -0.781. The molecule has 2 aromatic carbocycles. The lowest BCUT2D eigenvalue weighted by Gasteiger charge is -2.09. The maximum absolute atomic E-state index is 13.0. The Morgan fingerprint density at radius 1 is 1.15 bits per heavy atom. The third-order valence-corrected chi connectivity index (χ3v) is 7.41. The van der Waals surface area contributed by atoms with Gasteiger partial charge in [0.2, 0.25) is 0 Å². The van der Waals surface area contributed by atoms with Crippen LogP contribution in [0.5, 0.6) is 5.75 Å². The van der Waals surface area contributed by atoms with Gasteiger partial charge in [0.25, 0.3) is 0 Å². The second kappa shape index (κ2) is 6.57. The van der Waals surface area contributed by atoms with Crippen LogP contribution in [0.4, 0.5) is 0 Å². The fourth-order valence-corrected chi connectivity index (χ4v) is 5.92. The van der Waals surface area contributed by atoms with Gasteiger partial charge in [0.15, 0.2) is 9.84 Å². The van der Waals surface area contributed by atoms with Crippen molar-refractivity contribution in [1.29, 1.82) is 0 Å². The van der Waals surface area contributed by atoms with Crippen molar-refractivity contribution in [3.63, 3.8) is 0 Å². The topological polar surface area (TPSA) is 101 Å². The molecule has 0 aliphatic heterocycles. The zero-order chi connectivity index (χ0) is 19.1. The molecule has 3 unspecified atom stereocenters. The van der Waals surface area contributed by atoms with Crippen LogP contribution in [0.15, 0.2) is 53.4 Å². The number of rotatable bonds is 6. The molecule has 3 rings (SSSR count). The maximum atomic E-state index is 13.0. The summed E-state index contributed by atoms with van der Waals surface area (Å²) >= 11 is 5.80. The van der Waals surface area contributed by atoms with Crippen molar-refractivity contribution in [3.05, 3.63) is 59.1 Å². The van der Waals surface area contributed by atoms with E-state index in [9.17, 15) is 23.4 Å². The highest BCUT2D eigenvalue weighted by Crippen LogP contribution is 2.64. The Morgan fingerprint density at radius 3 is 2.19 bits per heavy atom. The van der Waals surface area contributed by atoms with E-state index in [0.29, 0.717) is 16.3 Å². The van der Waals surface area contributed by atoms with E-state index in [1.54, 1.807) is 24.3 Å². The van der Waals surface area contributed by atoms with Gasteiger partial charge in [-0.3, -0.25) is 4.79 Å². The highest BCUT2D eigenvalue weighted by atomic mass is 35.5. The van der Waals surface area contributed by atoms with Gasteiger partial charge < -0.3 is 14.9 Å². The molecule has 0 bridgehead atoms. The molecule has 3 atom stereocenters. The number of hydrogen-bond acceptors (Lipinski definition) is 5. The summed E-state index contributed by atoms with van der Waals surface area (Å²) in [6, 6.07) is 12.0. The van der Waals surface area contributed by atoms with Crippen LogP contribution >= 0.6 is 11.6 Å². The average Bonchev–Trinajstić information content (AvgIpc) is 3.34. The van der Waals surface area contributed by atoms with Crippen molar-refractivity contribution in [2.24, 2.45) is 5.41 Å². The van der Waals surface area contributed by atoms with Gasteiger partial charge >= 0.3 is 5.97 Å². The van der Waals surface area contributed by atoms with Crippen molar-refractivity contribution in [2.45, 2.75) is 16.1 Å². The number of ether oxygens (including phenoxy) is 1. The molecule has 26 heavy (non-hydrogen) atoms. The van der Waals surface area contributed by atoms with Crippen LogP contribution in [0.1, 0.15) is 11.5 Å². The predicted molar refractivity (Wildman–Crippen MR) is 95.3 cm³/mol. The molecule has 0 saturated heterocycles. The molecule has 0 heterocycles. The van der Waals surface area contributed by atoms with Crippen molar-refractivity contribution in [2.75, 3.05) is 13.7 Å². The summed E-state index contributed by atoms with van der Waals surface area (Å²) in [4.78, 5) is 11.9. The molecular formula is C18H17ClO6S. The second-order valence-electron chi connectivity index (χ2n) is 6.17. The molecule has 1 aliphatic rings. The Labute approximate surface area is 155 Å². The highest BCUT2D eigenvalue weighted by Gasteiger charge is 2.75. The normalized spacial score (nSPS) is 24.9. The van der Waals surface area contributed by atoms with E-state index in [1.165, 1.54) is 31.4 Å². The quantitative estimate of drug-likeness (QED) is 0.777. The number of benzene rings is 2. The number of aliphatic hydroxyl groups excluding tert-OH is 1. The molecule has 1 aliphatic carbocycles. The molecular weight excluding hydrogens is 380 g/mol. The van der Waals surface area contributed by atoms with Crippen molar-refractivity contribution in [3.8, 4) is 5.75 Å². The lowest BCUT2D eigenvalue weighted by molar-refractivity contribution is -0.145. The smallest absolute Gasteiger partial charge is 0.314 e. The molecule has 138 valence electrons. The first-order chi connectivity index (χ1) is 12.3. The van der Waals surface area contributed by atoms with Crippen molar-refractivity contribution in [1.82, 2.24) is 0 Å². The molecule has 0 spiro atoms. The van der Waals surface area contributed by atoms with Gasteiger partial charge in [-0.1, -0.05) is 23.7 Å². The summed E-state index contributed by atoms with van der Waals surface area (Å²) in [5.74, 6) is -1.64. The van der Waals surface area contributed by atoms with Crippen LogP contribution in [0.3, 0.4) is 0 Å². The Morgan fingerprint density at radius 2 is 1.73 bits per heavy atom. The number of carboxylic acids is 1. The Balaban J connectivity index is 2.08. The molecule has 1 fully saturated rings. The van der Waals surface area contributed by atoms with Gasteiger partial charge in [0.05, 0.1) is 23.9 Å². The first-order valence-corrected chi connectivity index (χ1v) is 9.69. The fourth-order valence-electron chi connectivity index (χ4n) is 3.43. The van der Waals surface area contributed by atoms with E-state index in [4.69, 9.17) is 16.3 Å². The fraction of sp³-hybridized carbons (Fsp3) is 0.278. The van der Waals surface area contributed by atoms with Gasteiger partial charge in [-0.05, 0) is 42.0 Å². The second-order valence-corrected chi connectivity index (χ2v) is 8.68. The zero-order valence-corrected chi connectivity index (χ0v) is 15.4. The number of halogens is 1. The molecule has 0 radical (unpaired) electrons. The van der Waals surface area contributed by atoms with Gasteiger partial charge in [0, 0.05) is 10.9 Å². The third-order valence-electron chi connectivity index (χ3n) is 4.87. The molecule has 6 nitrogen and oxygen atoms in total. The Hall–Kier alpha value is -2.09. The van der Waals surface area contributed by atoms with Crippen LogP contribution in [0, 0.1) is 5.41 Å². The monoisotopic (exact) mass is 396 g/mol. The molecule has 0 amide bonds. The Bertz CT molecular complexity index is 923. The molecule has 1 saturated carbocycles. The highest BCUT2D eigenvalue weighted by molar-refractivity contribution is 7.92. The summed E-state index contributed by atoms with van der Waals surface area (Å²) in [6.07, 6.45) is 0. The molecule has 2 aromatic rings. The van der Waals surface area contributed by atoms with E-state index in [1.807, 2.05) is 0 Å². The van der Waals surface area contributed by atoms with Crippen LogP contribution in [-0.2, 0) is 14.6 Å². The number of aliphatic carboxylic acids is 1. The van der Waals surface area contributed by atoms with Crippen LogP contribution < -0.4 is 4.74 Å². The van der Waals surface area contributed by atoms with Crippen LogP contribution in [0.2, 0.25) is 5.02 Å². The minimum absolute atomic E-state index is 0.0259. The average molecular weight is 397 g/mol. The summed E-state index contributed by atoms with van der Waals surface area (Å²) < 4.78 is 31.2. The molecule has 0 aromatic heterocycles. The Kier molecular flexibility index (Phi) is 4.72. The van der Waals surface area contributed by atoms with E-state index in [-0.39, 0.29) is 4.90 Å². The number of methoxy groups -OCH3 is 1. The summed E-state index contributed by atoms with van der Waals surface area (Å²) in [5.41, 5.74) is -1.27. The number of carboxylic acid groups (broad SMARTS) is 1. The van der Waals surface area contributed by atoms with Gasteiger partial charge in [-0.25, -0.2) is 8.42 Å². The van der Waals surface area contributed by atoms with Crippen molar-refractivity contribution < 1.29 is 28.2 Å². The predicted octanol–water partition coefficient (Wildman–Crippen LogP) is 2.35. The number of aliphatic hydroxyl groups is 1. The minimum Gasteiger partial charge on any atom is -0.497 e. The minimum atomic E-state index is -3.99. The van der Waals surface area contributed by atoms with Crippen molar-refractivity contribution >= 4 is 27.4 Å².